The molecule has 3 aliphatic carbocycles. The Kier molecular flexibility index (Phi) is 8.31. The summed E-state index contributed by atoms with van der Waals surface area (Å²) in [6.45, 7) is 23.9. The Morgan fingerprint density at radius 1 is 1.11 bits per heavy atom. The van der Waals surface area contributed by atoms with E-state index in [-0.39, 0.29) is 47.8 Å². The quantitative estimate of drug-likeness (QED) is 0.207. The van der Waals surface area contributed by atoms with Gasteiger partial charge >= 0.3 is 13.1 Å². The Balaban J connectivity index is 1.56. The van der Waals surface area contributed by atoms with Gasteiger partial charge in [-0.2, -0.15) is 0 Å². The fourth-order valence-electron chi connectivity index (χ4n) is 5.74. The molecule has 2 bridgehead atoms. The predicted molar refractivity (Wildman–Crippen MR) is 143 cm³/mol. The molecule has 3 saturated carbocycles. The van der Waals surface area contributed by atoms with E-state index in [1.165, 1.54) is 6.42 Å². The maximum atomic E-state index is 12.6. The van der Waals surface area contributed by atoms with Crippen LogP contribution in [0.3, 0.4) is 0 Å². The van der Waals surface area contributed by atoms with Crippen LogP contribution in [0.15, 0.2) is 0 Å². The normalized spacial score (nSPS) is 32.0. The van der Waals surface area contributed by atoms with Gasteiger partial charge in [-0.05, 0) is 75.9 Å². The zero-order chi connectivity index (χ0) is 26.6. The summed E-state index contributed by atoms with van der Waals surface area (Å²) < 4.78 is 30.9. The number of alkyl halides is 1. The number of halogens is 1. The molecule has 1 saturated heterocycles. The maximum Gasteiger partial charge on any atom is 0.479 e. The number of rotatable bonds is 9. The molecule has 35 heavy (non-hydrogen) atoms. The average Bonchev–Trinajstić information content (AvgIpc) is 3.02. The van der Waals surface area contributed by atoms with Crippen LogP contribution in [0.1, 0.15) is 81.6 Å². The zero-order valence-electron chi connectivity index (χ0n) is 23.8. The molecule has 4 fully saturated rings. The van der Waals surface area contributed by atoms with Crippen molar-refractivity contribution in [2.75, 3.05) is 13.2 Å². The van der Waals surface area contributed by atoms with E-state index in [9.17, 15) is 4.79 Å². The van der Waals surface area contributed by atoms with Gasteiger partial charge in [0.2, 0.25) is 0 Å². The van der Waals surface area contributed by atoms with Crippen molar-refractivity contribution in [2.24, 2.45) is 17.3 Å². The van der Waals surface area contributed by atoms with Crippen LogP contribution in [0.2, 0.25) is 18.1 Å². The minimum atomic E-state index is -2.11. The third-order valence-electron chi connectivity index (χ3n) is 8.93. The molecule has 4 aliphatic rings. The molecule has 6 nitrogen and oxygen atoms in total. The fraction of sp³-hybridized carbons (Fsp3) is 0.962. The molecule has 6 atom stereocenters. The second-order valence-electron chi connectivity index (χ2n) is 14.2. The molecule has 0 radical (unpaired) electrons. The molecule has 0 aromatic heterocycles. The smallest absolute Gasteiger partial charge is 0.460 e. The molecule has 1 unspecified atom stereocenters. The van der Waals surface area contributed by atoms with Gasteiger partial charge in [0.15, 0.2) is 8.32 Å². The summed E-state index contributed by atoms with van der Waals surface area (Å²) in [4.78, 5) is 12.6. The minimum Gasteiger partial charge on any atom is -0.460 e. The van der Waals surface area contributed by atoms with Gasteiger partial charge in [-0.15, -0.1) is 11.6 Å². The van der Waals surface area contributed by atoms with Crippen molar-refractivity contribution < 1.29 is 28.0 Å². The van der Waals surface area contributed by atoms with Crippen LogP contribution < -0.4 is 0 Å². The van der Waals surface area contributed by atoms with Crippen molar-refractivity contribution in [1.29, 1.82) is 0 Å². The SMILES string of the molecule is CC(C)(C)OC(=O)CC(COC[C@@H](Cl)B1O[C@@H]2C[C@@H]3C[C@@H](C3(C)C)[C@]2(C)O1)O[Si](C)(C)C(C)(C)C. The summed E-state index contributed by atoms with van der Waals surface area (Å²) in [6, 6.07) is 0. The lowest BCUT2D eigenvalue weighted by Crippen LogP contribution is -2.65. The van der Waals surface area contributed by atoms with E-state index in [1.807, 2.05) is 20.8 Å². The highest BCUT2D eigenvalue weighted by atomic mass is 35.5. The van der Waals surface area contributed by atoms with Crippen LogP contribution >= 0.6 is 11.6 Å². The lowest BCUT2D eigenvalue weighted by atomic mass is 9.43. The van der Waals surface area contributed by atoms with Crippen molar-refractivity contribution in [3.05, 3.63) is 0 Å². The Labute approximate surface area is 219 Å². The number of hydrogen-bond acceptors (Lipinski definition) is 6. The van der Waals surface area contributed by atoms with Crippen LogP contribution in [-0.2, 0) is 28.0 Å². The van der Waals surface area contributed by atoms with E-state index in [0.717, 1.165) is 6.42 Å². The van der Waals surface area contributed by atoms with Gasteiger partial charge in [0, 0.05) is 0 Å². The molecule has 1 heterocycles. The van der Waals surface area contributed by atoms with E-state index in [0.29, 0.717) is 11.8 Å². The second-order valence-corrected chi connectivity index (χ2v) is 19.5. The zero-order valence-corrected chi connectivity index (χ0v) is 25.6. The highest BCUT2D eigenvalue weighted by Gasteiger charge is 2.68. The van der Waals surface area contributed by atoms with Gasteiger partial charge in [0.05, 0.1) is 42.7 Å². The van der Waals surface area contributed by atoms with Gasteiger partial charge in [0.1, 0.15) is 5.60 Å². The highest BCUT2D eigenvalue weighted by molar-refractivity contribution is 6.74. The van der Waals surface area contributed by atoms with Crippen molar-refractivity contribution in [3.63, 3.8) is 0 Å². The first-order chi connectivity index (χ1) is 15.8. The molecule has 0 aromatic carbocycles. The molecule has 0 spiro atoms. The number of ether oxygens (including phenoxy) is 2. The minimum absolute atomic E-state index is 0.0138. The Morgan fingerprint density at radius 3 is 2.29 bits per heavy atom. The number of esters is 1. The molecule has 0 amide bonds. The van der Waals surface area contributed by atoms with Crippen molar-refractivity contribution in [2.45, 2.75) is 128 Å². The Hall–Kier alpha value is -0.118. The van der Waals surface area contributed by atoms with E-state index < -0.39 is 32.4 Å². The van der Waals surface area contributed by atoms with Crippen molar-refractivity contribution in [3.8, 4) is 0 Å². The van der Waals surface area contributed by atoms with Crippen LogP contribution in [0.4, 0.5) is 0 Å². The Morgan fingerprint density at radius 2 is 1.74 bits per heavy atom. The number of carbonyl (C=O) groups excluding carboxylic acids is 1. The first kappa shape index (κ1) is 29.4. The van der Waals surface area contributed by atoms with Crippen molar-refractivity contribution >= 4 is 33.0 Å². The van der Waals surface area contributed by atoms with Gasteiger partial charge in [-0.3, -0.25) is 4.79 Å². The Bertz CT molecular complexity index is 779. The maximum absolute atomic E-state index is 12.6. The average molecular weight is 531 g/mol. The first-order valence-electron chi connectivity index (χ1n) is 13.2. The lowest BCUT2D eigenvalue weighted by molar-refractivity contribution is -0.199. The molecule has 1 aliphatic heterocycles. The molecule has 0 aromatic rings. The number of hydrogen-bond donors (Lipinski definition) is 0. The van der Waals surface area contributed by atoms with Crippen LogP contribution in [-0.4, -0.2) is 63.3 Å². The molecule has 0 N–H and O–H groups in total. The van der Waals surface area contributed by atoms with E-state index in [4.69, 9.17) is 34.8 Å². The molecule has 202 valence electrons. The topological polar surface area (TPSA) is 63.2 Å². The summed E-state index contributed by atoms with van der Waals surface area (Å²) in [5.41, 5.74) is -0.543. The summed E-state index contributed by atoms with van der Waals surface area (Å²) in [6.07, 6.45) is 2.07. The fourth-order valence-corrected chi connectivity index (χ4v) is 7.28. The monoisotopic (exact) mass is 530 g/mol. The van der Waals surface area contributed by atoms with Crippen LogP contribution in [0.5, 0.6) is 0 Å². The van der Waals surface area contributed by atoms with Crippen molar-refractivity contribution in [1.82, 2.24) is 0 Å². The van der Waals surface area contributed by atoms with E-state index >= 15 is 0 Å². The second kappa shape index (κ2) is 9.88. The molecule has 9 heteroatoms. The molecular weight excluding hydrogens is 483 g/mol. The molecular formula is C26H48BClO6Si. The van der Waals surface area contributed by atoms with Gasteiger partial charge in [0.25, 0.3) is 0 Å². The highest BCUT2D eigenvalue weighted by Crippen LogP contribution is 2.65. The van der Waals surface area contributed by atoms with Gasteiger partial charge < -0.3 is 23.2 Å². The standard InChI is InChI=1S/C26H48BClO6Si/c1-23(2,3)31-22(29)14-18(33-35(10,11)24(4,5)6)15-30-16-21(28)27-32-20-13-17-12-19(25(17,7)8)26(20,9)34-27/h17-21H,12-16H2,1-11H3/t17-,18?,19-,20+,21+,26-/m0/s1. The third-order valence-corrected chi connectivity index (χ3v) is 13.8. The summed E-state index contributed by atoms with van der Waals surface area (Å²) in [5, 5.41) is -0.423. The van der Waals surface area contributed by atoms with E-state index in [1.54, 1.807) is 0 Å². The lowest BCUT2D eigenvalue weighted by Gasteiger charge is -2.64. The third kappa shape index (κ3) is 6.31. The van der Waals surface area contributed by atoms with E-state index in [2.05, 4.69) is 54.6 Å². The van der Waals surface area contributed by atoms with Gasteiger partial charge in [-0.1, -0.05) is 34.6 Å². The largest absolute Gasteiger partial charge is 0.479 e. The molecule has 4 rings (SSSR count). The number of carbonyl (C=O) groups is 1. The summed E-state index contributed by atoms with van der Waals surface area (Å²) in [5.74, 6) is 0.900. The summed E-state index contributed by atoms with van der Waals surface area (Å²) in [7, 11) is -2.61. The summed E-state index contributed by atoms with van der Waals surface area (Å²) >= 11 is 6.73. The van der Waals surface area contributed by atoms with Crippen LogP contribution in [0, 0.1) is 17.3 Å². The van der Waals surface area contributed by atoms with Gasteiger partial charge in [-0.25, -0.2) is 0 Å². The first-order valence-corrected chi connectivity index (χ1v) is 16.6. The van der Waals surface area contributed by atoms with Crippen LogP contribution in [0.25, 0.3) is 0 Å². The predicted octanol–water partition coefficient (Wildman–Crippen LogP) is 6.00.